The average molecular weight is 274 g/mol. The number of allylic oxidation sites excluding steroid dienone is 1. The molecule has 0 fully saturated rings. The standard InChI is InChI=1S/C12H15ClSe/c13-10-6-1-2-7-11-14-12-8-4-3-5-9-12/h3-5,7-9,11H,1-2,6,10H2/b11-7+. The van der Waals surface area contributed by atoms with Gasteiger partial charge in [-0.05, 0) is 0 Å². The molecule has 0 aromatic heterocycles. The number of unbranched alkanes of at least 4 members (excludes halogenated alkanes) is 2. The normalized spacial score (nSPS) is 10.9. The second-order valence-corrected chi connectivity index (χ2v) is 5.42. The first-order valence-electron chi connectivity index (χ1n) is 4.86. The Labute approximate surface area is 97.5 Å². The van der Waals surface area contributed by atoms with Gasteiger partial charge in [-0.3, -0.25) is 0 Å². The van der Waals surface area contributed by atoms with Crippen molar-refractivity contribution in [1.82, 2.24) is 0 Å². The molecular weight excluding hydrogens is 259 g/mol. The fourth-order valence-electron chi connectivity index (χ4n) is 1.05. The average Bonchev–Trinajstić information content (AvgIpc) is 2.25. The fourth-order valence-corrected chi connectivity index (χ4v) is 2.72. The number of rotatable bonds is 6. The molecule has 14 heavy (non-hydrogen) atoms. The van der Waals surface area contributed by atoms with Crippen molar-refractivity contribution in [2.24, 2.45) is 0 Å². The van der Waals surface area contributed by atoms with Crippen LogP contribution >= 0.6 is 11.6 Å². The molecule has 2 heteroatoms. The van der Waals surface area contributed by atoms with Gasteiger partial charge in [0.25, 0.3) is 0 Å². The monoisotopic (exact) mass is 274 g/mol. The van der Waals surface area contributed by atoms with E-state index in [4.69, 9.17) is 11.6 Å². The van der Waals surface area contributed by atoms with E-state index in [1.54, 1.807) is 0 Å². The Kier molecular flexibility index (Phi) is 6.86. The summed E-state index contributed by atoms with van der Waals surface area (Å²) in [6, 6.07) is 10.6. The molecule has 0 nitrogen and oxygen atoms in total. The minimum absolute atomic E-state index is 0.502. The Morgan fingerprint density at radius 3 is 2.64 bits per heavy atom. The summed E-state index contributed by atoms with van der Waals surface area (Å²) in [5.74, 6) is 0.789. The van der Waals surface area contributed by atoms with E-state index in [0.717, 1.165) is 12.3 Å². The van der Waals surface area contributed by atoms with Gasteiger partial charge in [0.15, 0.2) is 0 Å². The van der Waals surface area contributed by atoms with Gasteiger partial charge in [-0.15, -0.1) is 0 Å². The molecule has 0 saturated carbocycles. The van der Waals surface area contributed by atoms with Crippen molar-refractivity contribution in [3.05, 3.63) is 41.4 Å². The number of alkyl halides is 1. The summed E-state index contributed by atoms with van der Waals surface area (Å²) in [5.41, 5.74) is 0. The predicted octanol–water partition coefficient (Wildman–Crippen LogP) is 2.94. The van der Waals surface area contributed by atoms with Crippen LogP contribution in [0.25, 0.3) is 0 Å². The van der Waals surface area contributed by atoms with Crippen molar-refractivity contribution in [2.75, 3.05) is 5.88 Å². The molecule has 76 valence electrons. The molecule has 0 aliphatic heterocycles. The number of benzene rings is 1. The third kappa shape index (κ3) is 5.49. The van der Waals surface area contributed by atoms with Crippen LogP contribution in [0.1, 0.15) is 19.3 Å². The van der Waals surface area contributed by atoms with Crippen LogP contribution in [0.4, 0.5) is 0 Å². The van der Waals surface area contributed by atoms with Crippen molar-refractivity contribution in [1.29, 1.82) is 0 Å². The van der Waals surface area contributed by atoms with E-state index in [1.165, 1.54) is 17.3 Å². The van der Waals surface area contributed by atoms with Crippen molar-refractivity contribution >= 4 is 31.0 Å². The van der Waals surface area contributed by atoms with Gasteiger partial charge in [-0.1, -0.05) is 0 Å². The summed E-state index contributed by atoms with van der Waals surface area (Å²) < 4.78 is 1.44. The second-order valence-electron chi connectivity index (χ2n) is 2.99. The zero-order chi connectivity index (χ0) is 10.1. The van der Waals surface area contributed by atoms with Crippen molar-refractivity contribution in [3.63, 3.8) is 0 Å². The van der Waals surface area contributed by atoms with Gasteiger partial charge in [0, 0.05) is 0 Å². The number of halogens is 1. The van der Waals surface area contributed by atoms with E-state index in [0.29, 0.717) is 15.0 Å². The predicted molar refractivity (Wildman–Crippen MR) is 65.5 cm³/mol. The van der Waals surface area contributed by atoms with Crippen molar-refractivity contribution in [2.45, 2.75) is 19.3 Å². The Morgan fingerprint density at radius 2 is 1.93 bits per heavy atom. The number of hydrogen-bond acceptors (Lipinski definition) is 0. The second kappa shape index (κ2) is 8.11. The molecule has 0 bridgehead atoms. The molecule has 0 aliphatic carbocycles. The van der Waals surface area contributed by atoms with Crippen LogP contribution in [0.2, 0.25) is 0 Å². The molecule has 0 N–H and O–H groups in total. The van der Waals surface area contributed by atoms with Gasteiger partial charge in [-0.25, -0.2) is 0 Å². The first kappa shape index (κ1) is 11.8. The van der Waals surface area contributed by atoms with Crippen LogP contribution in [0.3, 0.4) is 0 Å². The van der Waals surface area contributed by atoms with E-state index < -0.39 is 0 Å². The molecule has 0 unspecified atom stereocenters. The minimum atomic E-state index is 0.502. The molecule has 0 saturated heterocycles. The molecular formula is C12H15ClSe. The summed E-state index contributed by atoms with van der Waals surface area (Å²) in [7, 11) is 0. The Balaban J connectivity index is 2.14. The van der Waals surface area contributed by atoms with Crippen LogP contribution in [0.15, 0.2) is 41.4 Å². The SMILES string of the molecule is ClCCCC/C=C/[Se]c1ccccc1. The van der Waals surface area contributed by atoms with Gasteiger partial charge in [-0.2, -0.15) is 0 Å². The van der Waals surface area contributed by atoms with Gasteiger partial charge in [0.05, 0.1) is 0 Å². The summed E-state index contributed by atoms with van der Waals surface area (Å²) in [6.07, 6.45) is 5.79. The van der Waals surface area contributed by atoms with Gasteiger partial charge >= 0.3 is 97.5 Å². The van der Waals surface area contributed by atoms with Gasteiger partial charge in [0.2, 0.25) is 0 Å². The first-order chi connectivity index (χ1) is 6.93. The maximum absolute atomic E-state index is 5.59. The zero-order valence-corrected chi connectivity index (χ0v) is 10.6. The van der Waals surface area contributed by atoms with Gasteiger partial charge < -0.3 is 0 Å². The summed E-state index contributed by atoms with van der Waals surface area (Å²) >= 11 is 6.09. The first-order valence-corrected chi connectivity index (χ1v) is 7.24. The summed E-state index contributed by atoms with van der Waals surface area (Å²) in [6.45, 7) is 0. The Morgan fingerprint density at radius 1 is 1.14 bits per heavy atom. The molecule has 0 aliphatic rings. The van der Waals surface area contributed by atoms with E-state index in [-0.39, 0.29) is 0 Å². The molecule has 1 aromatic carbocycles. The summed E-state index contributed by atoms with van der Waals surface area (Å²) in [5, 5.41) is 0. The number of hydrogen-bond donors (Lipinski definition) is 0. The Bertz CT molecular complexity index is 256. The van der Waals surface area contributed by atoms with Crippen LogP contribution in [-0.2, 0) is 0 Å². The van der Waals surface area contributed by atoms with Gasteiger partial charge in [0.1, 0.15) is 0 Å². The van der Waals surface area contributed by atoms with Crippen LogP contribution in [0.5, 0.6) is 0 Å². The van der Waals surface area contributed by atoms with E-state index in [1.807, 2.05) is 0 Å². The molecule has 0 atom stereocenters. The Hall–Kier alpha value is -0.231. The molecule has 0 amide bonds. The third-order valence-corrected chi connectivity index (χ3v) is 3.90. The van der Waals surface area contributed by atoms with E-state index in [9.17, 15) is 0 Å². The van der Waals surface area contributed by atoms with Crippen molar-refractivity contribution < 1.29 is 0 Å². The van der Waals surface area contributed by atoms with Crippen LogP contribution in [0, 0.1) is 0 Å². The molecule has 1 aromatic rings. The molecule has 0 spiro atoms. The van der Waals surface area contributed by atoms with Crippen LogP contribution < -0.4 is 4.46 Å². The molecule has 0 radical (unpaired) electrons. The summed E-state index contributed by atoms with van der Waals surface area (Å²) in [4.78, 5) is 2.30. The van der Waals surface area contributed by atoms with Crippen LogP contribution in [-0.4, -0.2) is 20.8 Å². The zero-order valence-electron chi connectivity index (χ0n) is 8.16. The quantitative estimate of drug-likeness (QED) is 0.425. The molecule has 0 heterocycles. The maximum atomic E-state index is 5.59. The fraction of sp³-hybridized carbons (Fsp3) is 0.333. The molecule has 1 rings (SSSR count). The van der Waals surface area contributed by atoms with Crippen molar-refractivity contribution in [3.8, 4) is 0 Å². The topological polar surface area (TPSA) is 0 Å². The van der Waals surface area contributed by atoms with E-state index >= 15 is 0 Å². The third-order valence-electron chi connectivity index (χ3n) is 1.80. The van der Waals surface area contributed by atoms with E-state index in [2.05, 4.69) is 41.4 Å².